The maximum atomic E-state index is 14.5. The molecule has 16 nitrogen and oxygen atoms in total. The van der Waals surface area contributed by atoms with E-state index in [-0.39, 0.29) is 11.0 Å². The molecule has 0 fully saturated rings. The van der Waals surface area contributed by atoms with Gasteiger partial charge in [0.25, 0.3) is 11.5 Å². The number of allylic oxidation sites excluding steroid dienone is 1. The predicted molar refractivity (Wildman–Crippen MR) is 209 cm³/mol. The van der Waals surface area contributed by atoms with Crippen molar-refractivity contribution in [2.45, 2.75) is 72.2 Å². The molecule has 57 heavy (non-hydrogen) atoms. The molecule has 2 aromatic heterocycles. The molecule has 0 saturated carbocycles. The Hall–Kier alpha value is -6.13. The number of fused-ring (bicyclic) bond motifs is 2. The van der Waals surface area contributed by atoms with Crippen LogP contribution in [0.25, 0.3) is 33.8 Å². The fourth-order valence-corrected chi connectivity index (χ4v) is 6.39. The molecular formula is C39H37Cl2N5O11. The summed E-state index contributed by atoms with van der Waals surface area (Å²) in [5.74, 6) is -4.58. The number of anilines is 1. The normalized spacial score (nSPS) is 14.6. The van der Waals surface area contributed by atoms with Crippen LogP contribution in [0.15, 0.2) is 58.4 Å². The summed E-state index contributed by atoms with van der Waals surface area (Å²) in [5, 5.41) is 5.18. The smallest absolute Gasteiger partial charge is 0.330 e. The number of benzene rings is 2. The Morgan fingerprint density at radius 1 is 0.825 bits per heavy atom. The second-order valence-electron chi connectivity index (χ2n) is 12.7. The Balaban J connectivity index is 1.68. The van der Waals surface area contributed by atoms with Gasteiger partial charge in [-0.1, -0.05) is 52.2 Å². The number of carbonyl (C=O) groups excluding carboxylic acids is 5. The molecule has 0 unspecified atom stereocenters. The Bertz CT molecular complexity index is 2330. The van der Waals surface area contributed by atoms with Gasteiger partial charge in [-0.2, -0.15) is 10.1 Å². The number of nitrogens with zero attached hydrogens (tertiary/aromatic N) is 4. The molecule has 298 valence electrons. The van der Waals surface area contributed by atoms with Crippen LogP contribution in [0.3, 0.4) is 0 Å². The van der Waals surface area contributed by atoms with E-state index in [2.05, 4.69) is 15.5 Å². The minimum atomic E-state index is -1.58. The molecule has 2 aromatic carbocycles. The van der Waals surface area contributed by atoms with Crippen molar-refractivity contribution in [2.75, 3.05) is 12.0 Å². The highest BCUT2D eigenvalue weighted by Gasteiger charge is 2.37. The minimum Gasteiger partial charge on any atom is -0.462 e. The Kier molecular flexibility index (Phi) is 13.8. The van der Waals surface area contributed by atoms with E-state index >= 15 is 0 Å². The van der Waals surface area contributed by atoms with Gasteiger partial charge in [0.05, 0.1) is 17.3 Å². The molecule has 0 radical (unpaired) electrons. The van der Waals surface area contributed by atoms with E-state index in [1.807, 2.05) is 18.2 Å². The molecule has 0 spiro atoms. The second-order valence-corrected chi connectivity index (χ2v) is 13.6. The number of ether oxygens (including phenoxy) is 4. The van der Waals surface area contributed by atoms with Crippen molar-refractivity contribution >= 4 is 87.9 Å². The summed E-state index contributed by atoms with van der Waals surface area (Å²) in [4.78, 5) is 89.7. The summed E-state index contributed by atoms with van der Waals surface area (Å²) >= 11 is 12.4. The average molecular weight is 823 g/mol. The van der Waals surface area contributed by atoms with E-state index in [0.29, 0.717) is 44.4 Å². The number of rotatable bonds is 13. The number of hydrogen-bond donors (Lipinski definition) is 1. The first-order valence-corrected chi connectivity index (χ1v) is 18.2. The van der Waals surface area contributed by atoms with Crippen molar-refractivity contribution in [3.05, 3.63) is 85.8 Å². The molecule has 4 aromatic rings. The number of esters is 4. The van der Waals surface area contributed by atoms with Crippen LogP contribution in [0.2, 0.25) is 10.0 Å². The average Bonchev–Trinajstić information content (AvgIpc) is 3.13. The summed E-state index contributed by atoms with van der Waals surface area (Å²) in [6, 6.07) is 14.2. The maximum Gasteiger partial charge on any atom is 0.330 e. The summed E-state index contributed by atoms with van der Waals surface area (Å²) in [6.45, 7) is 4.81. The van der Waals surface area contributed by atoms with Crippen molar-refractivity contribution in [1.29, 1.82) is 0 Å². The first kappa shape index (κ1) is 42.0. The monoisotopic (exact) mass is 821 g/mol. The molecule has 1 N–H and O–H groups in total. The molecule has 0 saturated heterocycles. The highest BCUT2D eigenvalue weighted by atomic mass is 35.5. The molecule has 18 heteroatoms. The van der Waals surface area contributed by atoms with Crippen molar-refractivity contribution < 1.29 is 47.8 Å². The number of hydrazone groups is 1. The molecule has 3 atom stereocenters. The molecule has 1 aliphatic carbocycles. The van der Waals surface area contributed by atoms with Crippen LogP contribution in [-0.2, 0) is 49.3 Å². The number of pyridine rings is 1. The van der Waals surface area contributed by atoms with Crippen LogP contribution in [-0.4, -0.2) is 75.7 Å². The fourth-order valence-electron chi connectivity index (χ4n) is 6.14. The largest absolute Gasteiger partial charge is 0.462 e. The van der Waals surface area contributed by atoms with Gasteiger partial charge in [0.1, 0.15) is 6.61 Å². The van der Waals surface area contributed by atoms with E-state index in [1.165, 1.54) is 0 Å². The molecule has 2 heterocycles. The van der Waals surface area contributed by atoms with Gasteiger partial charge in [-0.3, -0.25) is 24.0 Å². The number of carbonyl (C=O) groups is 5. The van der Waals surface area contributed by atoms with Gasteiger partial charge >= 0.3 is 29.8 Å². The van der Waals surface area contributed by atoms with E-state index in [4.69, 9.17) is 52.0 Å². The van der Waals surface area contributed by atoms with Gasteiger partial charge in [0.15, 0.2) is 24.0 Å². The van der Waals surface area contributed by atoms with Gasteiger partial charge in [-0.05, 0) is 71.9 Å². The minimum absolute atomic E-state index is 0.0284. The van der Waals surface area contributed by atoms with Crippen molar-refractivity contribution in [3.8, 4) is 11.1 Å². The van der Waals surface area contributed by atoms with E-state index in [0.717, 1.165) is 64.0 Å². The lowest BCUT2D eigenvalue weighted by Gasteiger charge is -2.29. The Morgan fingerprint density at radius 2 is 1.46 bits per heavy atom. The van der Waals surface area contributed by atoms with Gasteiger partial charge < -0.3 is 23.8 Å². The summed E-state index contributed by atoms with van der Waals surface area (Å²) in [6.07, 6.45) is 0.315. The zero-order chi connectivity index (χ0) is 41.4. The summed E-state index contributed by atoms with van der Waals surface area (Å²) < 4.78 is 21.6. The van der Waals surface area contributed by atoms with Crippen LogP contribution >= 0.6 is 23.2 Å². The first-order valence-electron chi connectivity index (χ1n) is 17.5. The maximum absolute atomic E-state index is 14.5. The molecule has 0 aliphatic heterocycles. The molecule has 1 aliphatic rings. The zero-order valence-electron chi connectivity index (χ0n) is 31.4. The lowest BCUT2D eigenvalue weighted by Crippen LogP contribution is -2.48. The summed E-state index contributed by atoms with van der Waals surface area (Å²) in [7, 11) is 0. The number of halogens is 2. The standard InChI is InChI=1S/C39H37Cl2N5O11/c1-20(47)53-19-32(55-22(3)49)36(56-23(4)50)31(54-21(2)48)18-42-45-39-44-37-34(38(52)46(39)57-24(5)51)33(26-11-15-29(41)16-12-26)30-8-6-7-27(35(30)43-37)17-25-9-13-28(40)14-10-25/h9-18,31-32,36H,6-8,19H2,1-5H3,(H,43,44,45)/b27-17+,42-18+/t31-,32+,36-/m0/s1. The first-order chi connectivity index (χ1) is 27.1. The Labute approximate surface area is 335 Å². The third kappa shape index (κ3) is 10.8. The number of hydrogen-bond acceptors (Lipinski definition) is 15. The zero-order valence-corrected chi connectivity index (χ0v) is 32.9. The van der Waals surface area contributed by atoms with E-state index in [1.54, 1.807) is 36.4 Å². The lowest BCUT2D eigenvalue weighted by molar-refractivity contribution is -0.183. The predicted octanol–water partition coefficient (Wildman–Crippen LogP) is 5.37. The molecule has 5 rings (SSSR count). The topological polar surface area (TPSA) is 204 Å². The van der Waals surface area contributed by atoms with Crippen LogP contribution in [0.1, 0.15) is 64.3 Å². The highest BCUT2D eigenvalue weighted by Crippen LogP contribution is 2.40. The quantitative estimate of drug-likeness (QED) is 0.0780. The van der Waals surface area contributed by atoms with Crippen molar-refractivity contribution in [3.63, 3.8) is 0 Å². The van der Waals surface area contributed by atoms with Gasteiger partial charge in [-0.15, -0.1) is 0 Å². The van der Waals surface area contributed by atoms with Crippen molar-refractivity contribution in [2.24, 2.45) is 5.10 Å². The molecular weight excluding hydrogens is 785 g/mol. The summed E-state index contributed by atoms with van der Waals surface area (Å²) in [5.41, 5.74) is 5.99. The number of aromatic nitrogens is 3. The third-order valence-electron chi connectivity index (χ3n) is 8.27. The van der Waals surface area contributed by atoms with Crippen molar-refractivity contribution in [1.82, 2.24) is 14.7 Å². The SMILES string of the molecule is CC(=O)OC[C@@H](OC(C)=O)[C@@H](OC(C)=O)[C@H](/C=N/Nc1nc2nc3c(c(-c4ccc(Cl)cc4)c2c(=O)n1OC(C)=O)CCC/C3=C\c1ccc(Cl)cc1)OC(C)=O. The Morgan fingerprint density at radius 3 is 2.05 bits per heavy atom. The molecule has 0 bridgehead atoms. The lowest BCUT2D eigenvalue weighted by atomic mass is 9.84. The molecule has 0 amide bonds. The van der Waals surface area contributed by atoms with Gasteiger partial charge in [-0.25, -0.2) is 15.2 Å². The van der Waals surface area contributed by atoms with Crippen LogP contribution in [0.4, 0.5) is 5.95 Å². The van der Waals surface area contributed by atoms with Crippen LogP contribution < -0.4 is 15.8 Å². The van der Waals surface area contributed by atoms with Crippen LogP contribution in [0.5, 0.6) is 0 Å². The van der Waals surface area contributed by atoms with E-state index in [9.17, 15) is 28.8 Å². The fraction of sp³-hybridized carbons (Fsp3) is 0.308. The number of nitrogens with one attached hydrogen (secondary N) is 1. The highest BCUT2D eigenvalue weighted by molar-refractivity contribution is 6.31. The van der Waals surface area contributed by atoms with Gasteiger partial charge in [0.2, 0.25) is 0 Å². The van der Waals surface area contributed by atoms with Crippen LogP contribution in [0, 0.1) is 0 Å². The van der Waals surface area contributed by atoms with Gasteiger partial charge in [0, 0.05) is 50.2 Å². The van der Waals surface area contributed by atoms with E-state index < -0.39 is 66.3 Å². The third-order valence-corrected chi connectivity index (χ3v) is 8.77. The second kappa shape index (κ2) is 18.7.